The van der Waals surface area contributed by atoms with E-state index in [1.807, 2.05) is 0 Å². The molecule has 7 heteroatoms. The molecule has 1 unspecified atom stereocenters. The van der Waals surface area contributed by atoms with Crippen molar-refractivity contribution in [2.75, 3.05) is 32.8 Å². The number of morpholine rings is 1. The molecule has 1 aromatic carbocycles. The van der Waals surface area contributed by atoms with Gasteiger partial charge in [-0.2, -0.15) is 17.0 Å². The summed E-state index contributed by atoms with van der Waals surface area (Å²) in [4.78, 5) is 0. The van der Waals surface area contributed by atoms with Crippen molar-refractivity contribution < 1.29 is 17.5 Å². The smallest absolute Gasteiger partial charge is 0.282 e. The molecule has 0 N–H and O–H groups in total. The van der Waals surface area contributed by atoms with E-state index in [1.165, 1.54) is 16.4 Å². The second-order valence-electron chi connectivity index (χ2n) is 6.09. The molecule has 2 aliphatic heterocycles. The van der Waals surface area contributed by atoms with Gasteiger partial charge in [-0.3, -0.25) is 0 Å². The lowest BCUT2D eigenvalue weighted by Gasteiger charge is -2.35. The molecule has 0 radical (unpaired) electrons. The van der Waals surface area contributed by atoms with Gasteiger partial charge in [-0.1, -0.05) is 25.0 Å². The number of hydrogen-bond donors (Lipinski definition) is 0. The molecule has 0 spiro atoms. The lowest BCUT2D eigenvalue weighted by molar-refractivity contribution is -0.00432. The molecule has 0 saturated carbocycles. The number of rotatable bonds is 3. The number of halogens is 1. The summed E-state index contributed by atoms with van der Waals surface area (Å²) in [5.41, 5.74) is 0.808. The minimum atomic E-state index is -3.44. The fraction of sp³-hybridized carbons (Fsp3) is 0.625. The van der Waals surface area contributed by atoms with Crippen molar-refractivity contribution >= 4 is 10.2 Å². The molecule has 2 fully saturated rings. The van der Waals surface area contributed by atoms with Crippen LogP contribution in [-0.4, -0.2) is 49.8 Å². The van der Waals surface area contributed by atoms with E-state index in [2.05, 4.69) is 0 Å². The molecule has 128 valence electrons. The Bertz CT molecular complexity index is 613. The zero-order chi connectivity index (χ0) is 16.3. The van der Waals surface area contributed by atoms with Crippen molar-refractivity contribution in [2.24, 2.45) is 0 Å². The van der Waals surface area contributed by atoms with Gasteiger partial charge < -0.3 is 4.74 Å². The van der Waals surface area contributed by atoms with Gasteiger partial charge in [0.2, 0.25) is 0 Å². The highest BCUT2D eigenvalue weighted by Crippen LogP contribution is 2.26. The summed E-state index contributed by atoms with van der Waals surface area (Å²) in [6.45, 7) is 2.21. The molecule has 0 amide bonds. The Hall–Kier alpha value is -1.02. The number of hydrogen-bond acceptors (Lipinski definition) is 3. The molecule has 0 aliphatic carbocycles. The average molecular weight is 342 g/mol. The van der Waals surface area contributed by atoms with Gasteiger partial charge in [-0.05, 0) is 30.5 Å². The largest absolute Gasteiger partial charge is 0.371 e. The molecule has 2 heterocycles. The third kappa shape index (κ3) is 3.91. The van der Waals surface area contributed by atoms with Crippen LogP contribution in [0.2, 0.25) is 0 Å². The van der Waals surface area contributed by atoms with Crippen LogP contribution in [0.1, 0.15) is 37.4 Å². The van der Waals surface area contributed by atoms with E-state index in [4.69, 9.17) is 4.74 Å². The van der Waals surface area contributed by atoms with Crippen molar-refractivity contribution in [3.05, 3.63) is 35.6 Å². The van der Waals surface area contributed by atoms with Crippen LogP contribution < -0.4 is 0 Å². The quantitative estimate of drug-likeness (QED) is 0.847. The van der Waals surface area contributed by atoms with E-state index in [0.29, 0.717) is 26.2 Å². The predicted octanol–water partition coefficient (Wildman–Crippen LogP) is 2.32. The highest BCUT2D eigenvalue weighted by Gasteiger charge is 2.34. The first-order chi connectivity index (χ1) is 11.1. The van der Waals surface area contributed by atoms with Crippen LogP contribution in [0.3, 0.4) is 0 Å². The summed E-state index contributed by atoms with van der Waals surface area (Å²) < 4.78 is 47.6. The average Bonchev–Trinajstić information content (AvgIpc) is 2.85. The number of nitrogens with zero attached hydrogens (tertiary/aromatic N) is 2. The maximum Gasteiger partial charge on any atom is 0.282 e. The second kappa shape index (κ2) is 7.25. The number of benzene rings is 1. The van der Waals surface area contributed by atoms with Gasteiger partial charge in [0, 0.05) is 26.2 Å². The molecule has 3 rings (SSSR count). The van der Waals surface area contributed by atoms with Crippen LogP contribution in [-0.2, 0) is 14.9 Å². The van der Waals surface area contributed by atoms with Crippen molar-refractivity contribution in [3.63, 3.8) is 0 Å². The van der Waals surface area contributed by atoms with E-state index in [9.17, 15) is 12.8 Å². The van der Waals surface area contributed by atoms with Crippen LogP contribution in [0.15, 0.2) is 24.3 Å². The molecule has 5 nitrogen and oxygen atoms in total. The van der Waals surface area contributed by atoms with Crippen molar-refractivity contribution in [2.45, 2.75) is 31.8 Å². The summed E-state index contributed by atoms with van der Waals surface area (Å²) >= 11 is 0. The fourth-order valence-corrected chi connectivity index (χ4v) is 4.83. The van der Waals surface area contributed by atoms with E-state index in [-0.39, 0.29) is 18.5 Å². The van der Waals surface area contributed by atoms with Gasteiger partial charge in [0.15, 0.2) is 0 Å². The van der Waals surface area contributed by atoms with Crippen LogP contribution in [0.4, 0.5) is 4.39 Å². The van der Waals surface area contributed by atoms with Crippen LogP contribution >= 0.6 is 0 Å². The molecule has 1 aromatic rings. The fourth-order valence-electron chi connectivity index (χ4n) is 3.15. The summed E-state index contributed by atoms with van der Waals surface area (Å²) in [7, 11) is -3.44. The number of ether oxygens (including phenoxy) is 1. The van der Waals surface area contributed by atoms with Crippen molar-refractivity contribution in [1.29, 1.82) is 0 Å². The highest BCUT2D eigenvalue weighted by molar-refractivity contribution is 7.86. The zero-order valence-corrected chi connectivity index (χ0v) is 14.0. The summed E-state index contributed by atoms with van der Waals surface area (Å²) in [5, 5.41) is 0. The molecule has 1 atom stereocenters. The topological polar surface area (TPSA) is 49.9 Å². The molecule has 0 bridgehead atoms. The molecular formula is C16H23FN2O3S. The maximum atomic E-state index is 13.0. The molecule has 2 saturated heterocycles. The molecule has 23 heavy (non-hydrogen) atoms. The third-order valence-electron chi connectivity index (χ3n) is 4.49. The molecule has 0 aromatic heterocycles. The van der Waals surface area contributed by atoms with Gasteiger partial charge in [0.25, 0.3) is 10.2 Å². The summed E-state index contributed by atoms with van der Waals surface area (Å²) in [6, 6.07) is 6.06. The van der Waals surface area contributed by atoms with Crippen molar-refractivity contribution in [3.8, 4) is 0 Å². The minimum absolute atomic E-state index is 0.282. The predicted molar refractivity (Wildman–Crippen MR) is 85.6 cm³/mol. The van der Waals surface area contributed by atoms with Gasteiger partial charge in [0.05, 0.1) is 12.7 Å². The second-order valence-corrected chi connectivity index (χ2v) is 8.02. The lowest BCUT2D eigenvalue weighted by atomic mass is 10.1. The summed E-state index contributed by atoms with van der Waals surface area (Å²) in [5.74, 6) is -0.307. The van der Waals surface area contributed by atoms with E-state index < -0.39 is 10.2 Å². The van der Waals surface area contributed by atoms with Gasteiger partial charge >= 0.3 is 0 Å². The van der Waals surface area contributed by atoms with Crippen molar-refractivity contribution in [1.82, 2.24) is 8.61 Å². The normalized spacial score (nSPS) is 25.2. The monoisotopic (exact) mass is 342 g/mol. The van der Waals surface area contributed by atoms with Crippen LogP contribution in [0.25, 0.3) is 0 Å². The van der Waals surface area contributed by atoms with Gasteiger partial charge in [-0.25, -0.2) is 4.39 Å². The minimum Gasteiger partial charge on any atom is -0.371 e. The standard InChI is InChI=1S/C16H23FN2O3S/c17-15-7-5-14(6-8-15)16-13-19(11-12-22-16)23(20,21)18-9-3-1-2-4-10-18/h5-8,16H,1-4,9-13H2. The maximum absolute atomic E-state index is 13.0. The Kier molecular flexibility index (Phi) is 5.31. The Morgan fingerprint density at radius 3 is 2.26 bits per heavy atom. The lowest BCUT2D eigenvalue weighted by Crippen LogP contribution is -2.49. The van der Waals surface area contributed by atoms with Crippen LogP contribution in [0.5, 0.6) is 0 Å². The third-order valence-corrected chi connectivity index (χ3v) is 6.49. The first-order valence-corrected chi connectivity index (χ1v) is 9.59. The Morgan fingerprint density at radius 2 is 1.61 bits per heavy atom. The first kappa shape index (κ1) is 16.8. The molecular weight excluding hydrogens is 319 g/mol. The van der Waals surface area contributed by atoms with Gasteiger partial charge in [-0.15, -0.1) is 0 Å². The first-order valence-electron chi connectivity index (χ1n) is 8.20. The SMILES string of the molecule is O=S(=O)(N1CCCCCC1)N1CCOC(c2ccc(F)cc2)C1. The van der Waals surface area contributed by atoms with E-state index in [0.717, 1.165) is 31.2 Å². The van der Waals surface area contributed by atoms with E-state index in [1.54, 1.807) is 16.4 Å². The zero-order valence-electron chi connectivity index (χ0n) is 13.2. The van der Waals surface area contributed by atoms with Gasteiger partial charge in [0.1, 0.15) is 5.82 Å². The Balaban J connectivity index is 1.73. The highest BCUT2D eigenvalue weighted by atomic mass is 32.2. The molecule has 2 aliphatic rings. The van der Waals surface area contributed by atoms with Crippen LogP contribution in [0, 0.1) is 5.82 Å². The summed E-state index contributed by atoms with van der Waals surface area (Å²) in [6.07, 6.45) is 3.68. The van der Waals surface area contributed by atoms with E-state index >= 15 is 0 Å². The Morgan fingerprint density at radius 1 is 0.957 bits per heavy atom. The Labute approximate surface area is 137 Å².